The average Bonchev–Trinajstić information content (AvgIpc) is 2.71. The molecule has 0 bridgehead atoms. The molecule has 2 N–H and O–H groups in total. The Kier molecular flexibility index (Phi) is 5.18. The maximum absolute atomic E-state index is 11.9. The fourth-order valence-corrected chi connectivity index (χ4v) is 3.36. The van der Waals surface area contributed by atoms with Crippen LogP contribution >= 0.6 is 0 Å². The van der Waals surface area contributed by atoms with Gasteiger partial charge in [-0.1, -0.05) is 26.0 Å². The predicted octanol–water partition coefficient (Wildman–Crippen LogP) is 1.28. The maximum atomic E-state index is 11.9. The highest BCUT2D eigenvalue weighted by Crippen LogP contribution is 2.22. The van der Waals surface area contributed by atoms with Gasteiger partial charge in [-0.3, -0.25) is 14.5 Å². The van der Waals surface area contributed by atoms with E-state index in [1.54, 1.807) is 24.3 Å². The molecule has 2 rings (SSSR count). The van der Waals surface area contributed by atoms with Gasteiger partial charge in [-0.05, 0) is 24.5 Å². The number of aliphatic imine (C=N–C) groups is 1. The van der Waals surface area contributed by atoms with Crippen LogP contribution in [0.15, 0.2) is 34.2 Å². The monoisotopic (exact) mass is 323 g/mol. The standard InChI is InChI=1S/C15H21N3O3S/c1-11(2)7-9-16-14(19)8-10-17-15-12-5-3-4-6-13(12)22(20,21)18-15/h3-6,11H,7-10H2,1-2H3,(H,16,19)(H,17,18). The molecule has 1 aliphatic heterocycles. The highest BCUT2D eigenvalue weighted by atomic mass is 32.2. The maximum Gasteiger partial charge on any atom is 0.263 e. The number of benzene rings is 1. The molecular formula is C15H21N3O3S. The molecule has 0 saturated heterocycles. The molecule has 6 nitrogen and oxygen atoms in total. The molecule has 0 aliphatic carbocycles. The molecule has 1 aromatic rings. The van der Waals surface area contributed by atoms with Gasteiger partial charge in [-0.25, -0.2) is 8.42 Å². The van der Waals surface area contributed by atoms with E-state index < -0.39 is 10.0 Å². The number of amidine groups is 1. The Labute approximate surface area is 131 Å². The lowest BCUT2D eigenvalue weighted by molar-refractivity contribution is -0.120. The summed E-state index contributed by atoms with van der Waals surface area (Å²) in [6.07, 6.45) is 1.18. The lowest BCUT2D eigenvalue weighted by atomic mass is 10.1. The van der Waals surface area contributed by atoms with Crippen molar-refractivity contribution in [2.75, 3.05) is 13.1 Å². The van der Waals surface area contributed by atoms with Crippen LogP contribution in [0.3, 0.4) is 0 Å². The van der Waals surface area contributed by atoms with Crippen LogP contribution < -0.4 is 10.0 Å². The van der Waals surface area contributed by atoms with Gasteiger partial charge in [-0.2, -0.15) is 0 Å². The zero-order valence-electron chi connectivity index (χ0n) is 12.8. The van der Waals surface area contributed by atoms with Crippen LogP contribution in [0.25, 0.3) is 0 Å². The van der Waals surface area contributed by atoms with Crippen molar-refractivity contribution in [1.29, 1.82) is 0 Å². The Bertz CT molecular complexity index is 681. The first-order valence-electron chi connectivity index (χ1n) is 7.33. The summed E-state index contributed by atoms with van der Waals surface area (Å²) in [6.45, 7) is 5.10. The second kappa shape index (κ2) is 6.91. The quantitative estimate of drug-likeness (QED) is 0.826. The van der Waals surface area contributed by atoms with Crippen molar-refractivity contribution < 1.29 is 13.2 Å². The Morgan fingerprint density at radius 1 is 1.32 bits per heavy atom. The highest BCUT2D eigenvalue weighted by molar-refractivity contribution is 7.90. The summed E-state index contributed by atoms with van der Waals surface area (Å²) in [5, 5.41) is 2.83. The Morgan fingerprint density at radius 3 is 2.77 bits per heavy atom. The molecule has 22 heavy (non-hydrogen) atoms. The molecular weight excluding hydrogens is 302 g/mol. The van der Waals surface area contributed by atoms with Crippen molar-refractivity contribution in [1.82, 2.24) is 10.0 Å². The summed E-state index contributed by atoms with van der Waals surface area (Å²) < 4.78 is 26.2. The third-order valence-electron chi connectivity index (χ3n) is 3.32. The summed E-state index contributed by atoms with van der Waals surface area (Å²) in [4.78, 5) is 16.1. The second-order valence-corrected chi connectivity index (χ2v) is 7.27. The van der Waals surface area contributed by atoms with Gasteiger partial charge in [0.25, 0.3) is 10.0 Å². The van der Waals surface area contributed by atoms with E-state index in [2.05, 4.69) is 28.9 Å². The minimum atomic E-state index is -3.51. The first kappa shape index (κ1) is 16.5. The van der Waals surface area contributed by atoms with E-state index in [-0.39, 0.29) is 23.8 Å². The molecule has 1 amide bonds. The van der Waals surface area contributed by atoms with E-state index in [1.807, 2.05) is 0 Å². The van der Waals surface area contributed by atoms with E-state index in [4.69, 9.17) is 0 Å². The topological polar surface area (TPSA) is 87.6 Å². The molecule has 1 aromatic carbocycles. The molecule has 1 heterocycles. The van der Waals surface area contributed by atoms with Crippen LogP contribution in [0.5, 0.6) is 0 Å². The largest absolute Gasteiger partial charge is 0.356 e. The van der Waals surface area contributed by atoms with Crippen LogP contribution in [-0.2, 0) is 14.8 Å². The van der Waals surface area contributed by atoms with E-state index in [9.17, 15) is 13.2 Å². The number of fused-ring (bicyclic) bond motifs is 1. The van der Waals surface area contributed by atoms with Gasteiger partial charge in [0.1, 0.15) is 5.84 Å². The van der Waals surface area contributed by atoms with Crippen molar-refractivity contribution in [2.24, 2.45) is 10.9 Å². The van der Waals surface area contributed by atoms with E-state index in [0.717, 1.165) is 6.42 Å². The SMILES string of the molecule is CC(C)CCNC(=O)CCN=C1NS(=O)(=O)c2ccccc21. The lowest BCUT2D eigenvalue weighted by Crippen LogP contribution is -2.26. The Hall–Kier alpha value is -1.89. The average molecular weight is 323 g/mol. The lowest BCUT2D eigenvalue weighted by Gasteiger charge is -2.06. The van der Waals surface area contributed by atoms with Crippen molar-refractivity contribution in [3.8, 4) is 0 Å². The summed E-state index contributed by atoms with van der Waals surface area (Å²) in [7, 11) is -3.51. The number of hydrogen-bond acceptors (Lipinski definition) is 4. The Balaban J connectivity index is 1.91. The predicted molar refractivity (Wildman–Crippen MR) is 85.2 cm³/mol. The number of hydrogen-bond donors (Lipinski definition) is 2. The van der Waals surface area contributed by atoms with Crippen molar-refractivity contribution >= 4 is 21.8 Å². The minimum Gasteiger partial charge on any atom is -0.356 e. The molecule has 0 aromatic heterocycles. The molecule has 0 atom stereocenters. The van der Waals surface area contributed by atoms with Gasteiger partial charge >= 0.3 is 0 Å². The highest BCUT2D eigenvalue weighted by Gasteiger charge is 2.29. The first-order chi connectivity index (χ1) is 10.4. The minimum absolute atomic E-state index is 0.0702. The van der Waals surface area contributed by atoms with Crippen molar-refractivity contribution in [3.05, 3.63) is 29.8 Å². The van der Waals surface area contributed by atoms with Gasteiger partial charge in [0.05, 0.1) is 11.4 Å². The van der Waals surface area contributed by atoms with Crippen LogP contribution in [-0.4, -0.2) is 33.3 Å². The second-order valence-electron chi connectivity index (χ2n) is 5.61. The van der Waals surface area contributed by atoms with Crippen molar-refractivity contribution in [3.63, 3.8) is 0 Å². The van der Waals surface area contributed by atoms with Gasteiger partial charge in [0, 0.05) is 18.5 Å². The molecule has 0 radical (unpaired) electrons. The zero-order valence-corrected chi connectivity index (χ0v) is 13.6. The third-order valence-corrected chi connectivity index (χ3v) is 4.71. The van der Waals surface area contributed by atoms with Gasteiger partial charge in [-0.15, -0.1) is 0 Å². The zero-order chi connectivity index (χ0) is 16.2. The summed E-state index contributed by atoms with van der Waals surface area (Å²) >= 11 is 0. The van der Waals surface area contributed by atoms with Gasteiger partial charge in [0.2, 0.25) is 5.91 Å². The van der Waals surface area contributed by atoms with Crippen LogP contribution in [0, 0.1) is 5.92 Å². The number of nitrogens with one attached hydrogen (secondary N) is 2. The molecule has 120 valence electrons. The Morgan fingerprint density at radius 2 is 2.05 bits per heavy atom. The fourth-order valence-electron chi connectivity index (χ4n) is 2.11. The molecule has 0 saturated carbocycles. The molecule has 1 aliphatic rings. The number of sulfonamides is 1. The molecule has 0 unspecified atom stereocenters. The van der Waals surface area contributed by atoms with Gasteiger partial charge in [0.15, 0.2) is 0 Å². The van der Waals surface area contributed by atoms with Crippen LogP contribution in [0.2, 0.25) is 0 Å². The molecule has 0 spiro atoms. The summed E-state index contributed by atoms with van der Waals surface area (Å²) in [5.74, 6) is 0.787. The molecule has 7 heteroatoms. The third kappa shape index (κ3) is 4.07. The van der Waals surface area contributed by atoms with Crippen LogP contribution in [0.4, 0.5) is 0 Å². The first-order valence-corrected chi connectivity index (χ1v) is 8.82. The number of amides is 1. The fraction of sp³-hybridized carbons (Fsp3) is 0.467. The van der Waals surface area contributed by atoms with Crippen LogP contribution in [0.1, 0.15) is 32.3 Å². The number of rotatable bonds is 6. The van der Waals surface area contributed by atoms with E-state index in [0.29, 0.717) is 23.9 Å². The normalized spacial score (nSPS) is 17.3. The van der Waals surface area contributed by atoms with Gasteiger partial charge < -0.3 is 5.32 Å². The smallest absolute Gasteiger partial charge is 0.263 e. The summed E-state index contributed by atoms with van der Waals surface area (Å²) in [6, 6.07) is 6.67. The molecule has 0 fully saturated rings. The number of nitrogens with zero attached hydrogens (tertiary/aromatic N) is 1. The number of carbonyl (C=O) groups is 1. The van der Waals surface area contributed by atoms with E-state index >= 15 is 0 Å². The summed E-state index contributed by atoms with van der Waals surface area (Å²) in [5.41, 5.74) is 0.558. The number of carbonyl (C=O) groups excluding carboxylic acids is 1. The van der Waals surface area contributed by atoms with Crippen molar-refractivity contribution in [2.45, 2.75) is 31.6 Å². The van der Waals surface area contributed by atoms with E-state index in [1.165, 1.54) is 0 Å².